The lowest BCUT2D eigenvalue weighted by Crippen LogP contribution is -2.22. The van der Waals surface area contributed by atoms with E-state index < -0.39 is 0 Å². The normalized spacial score (nSPS) is 10.7. The predicted octanol–water partition coefficient (Wildman–Crippen LogP) is 2.40. The van der Waals surface area contributed by atoms with Crippen LogP contribution in [0.2, 0.25) is 0 Å². The molecule has 1 amide bonds. The Bertz CT molecular complexity index is 320. The molecule has 0 atom stereocenters. The van der Waals surface area contributed by atoms with Crippen molar-refractivity contribution in [3.63, 3.8) is 0 Å². The number of nitrogens with zero attached hydrogens (tertiary/aromatic N) is 1. The van der Waals surface area contributed by atoms with Crippen LogP contribution in [0.25, 0.3) is 0 Å². The van der Waals surface area contributed by atoms with Crippen LogP contribution in [0.5, 0.6) is 0 Å². The number of anilines is 1. The highest BCUT2D eigenvalue weighted by atomic mass is 16.1. The highest BCUT2D eigenvalue weighted by molar-refractivity contribution is 5.93. The van der Waals surface area contributed by atoms with Crippen LogP contribution in [0.15, 0.2) is 0 Å². The smallest absolute Gasteiger partial charge is 0.227 e. The van der Waals surface area contributed by atoms with Gasteiger partial charge in [-0.3, -0.25) is 9.89 Å². The van der Waals surface area contributed by atoms with E-state index in [-0.39, 0.29) is 11.8 Å². The lowest BCUT2D eigenvalue weighted by Gasteiger charge is -2.12. The fourth-order valence-electron chi connectivity index (χ4n) is 1.62. The van der Waals surface area contributed by atoms with Crippen LogP contribution < -0.4 is 5.32 Å². The molecule has 4 heteroatoms. The van der Waals surface area contributed by atoms with E-state index in [2.05, 4.69) is 15.5 Å². The van der Waals surface area contributed by atoms with Crippen molar-refractivity contribution < 1.29 is 4.79 Å². The summed E-state index contributed by atoms with van der Waals surface area (Å²) < 4.78 is 0. The number of hydrogen-bond donors (Lipinski definition) is 2. The van der Waals surface area contributed by atoms with Crippen LogP contribution in [0, 0.1) is 19.8 Å². The molecule has 0 aliphatic carbocycles. The summed E-state index contributed by atoms with van der Waals surface area (Å²) in [4.78, 5) is 11.8. The van der Waals surface area contributed by atoms with Crippen molar-refractivity contribution in [3.8, 4) is 0 Å². The molecule has 84 valence electrons. The molecular weight excluding hydrogens is 190 g/mol. The number of hydrogen-bond acceptors (Lipinski definition) is 2. The molecule has 0 unspecified atom stereocenters. The van der Waals surface area contributed by atoms with Gasteiger partial charge in [0, 0.05) is 5.92 Å². The van der Waals surface area contributed by atoms with E-state index in [0.717, 1.165) is 29.9 Å². The first kappa shape index (κ1) is 11.8. The van der Waals surface area contributed by atoms with Gasteiger partial charge in [-0.05, 0) is 26.7 Å². The Morgan fingerprint density at radius 3 is 2.40 bits per heavy atom. The van der Waals surface area contributed by atoms with E-state index in [0.29, 0.717) is 0 Å². The molecule has 4 nitrogen and oxygen atoms in total. The van der Waals surface area contributed by atoms with Crippen molar-refractivity contribution in [2.45, 2.75) is 40.5 Å². The van der Waals surface area contributed by atoms with Crippen molar-refractivity contribution in [1.29, 1.82) is 0 Å². The minimum atomic E-state index is 0.0904. The highest BCUT2D eigenvalue weighted by Gasteiger charge is 2.16. The number of rotatable bonds is 4. The summed E-state index contributed by atoms with van der Waals surface area (Å²) in [5.74, 6) is 0.186. The largest absolute Gasteiger partial charge is 0.323 e. The fourth-order valence-corrected chi connectivity index (χ4v) is 1.62. The van der Waals surface area contributed by atoms with E-state index in [9.17, 15) is 4.79 Å². The second-order valence-corrected chi connectivity index (χ2v) is 3.81. The van der Waals surface area contributed by atoms with Crippen LogP contribution in [-0.4, -0.2) is 16.1 Å². The molecule has 0 aromatic carbocycles. The molecular formula is C11H19N3O. The molecule has 0 radical (unpaired) electrons. The minimum Gasteiger partial charge on any atom is -0.323 e. The molecule has 15 heavy (non-hydrogen) atoms. The fraction of sp³-hybridized carbons (Fsp3) is 0.636. The number of H-pyrrole nitrogens is 1. The maximum atomic E-state index is 11.8. The molecule has 1 rings (SSSR count). The van der Waals surface area contributed by atoms with Gasteiger partial charge in [-0.2, -0.15) is 5.10 Å². The monoisotopic (exact) mass is 209 g/mol. The molecule has 1 heterocycles. The van der Waals surface area contributed by atoms with Crippen molar-refractivity contribution in [3.05, 3.63) is 11.4 Å². The van der Waals surface area contributed by atoms with Gasteiger partial charge in [0.2, 0.25) is 5.91 Å². The minimum absolute atomic E-state index is 0.0904. The Balaban J connectivity index is 2.74. The van der Waals surface area contributed by atoms with Crippen molar-refractivity contribution in [1.82, 2.24) is 10.2 Å². The summed E-state index contributed by atoms with van der Waals surface area (Å²) >= 11 is 0. The Labute approximate surface area is 90.5 Å². The van der Waals surface area contributed by atoms with Gasteiger partial charge in [0.15, 0.2) is 0 Å². The molecule has 0 spiro atoms. The summed E-state index contributed by atoms with van der Waals surface area (Å²) in [5, 5.41) is 9.82. The first-order valence-electron chi connectivity index (χ1n) is 5.42. The number of aryl methyl sites for hydroxylation is 2. The molecule has 1 aromatic rings. The number of carbonyl (C=O) groups is 1. The Morgan fingerprint density at radius 2 is 2.00 bits per heavy atom. The van der Waals surface area contributed by atoms with Crippen molar-refractivity contribution in [2.75, 3.05) is 5.32 Å². The molecule has 0 saturated carbocycles. The number of amides is 1. The molecule has 1 aromatic heterocycles. The van der Waals surface area contributed by atoms with Crippen molar-refractivity contribution in [2.24, 2.45) is 5.92 Å². The van der Waals surface area contributed by atoms with E-state index in [1.165, 1.54) is 0 Å². The van der Waals surface area contributed by atoms with Crippen LogP contribution in [0.3, 0.4) is 0 Å². The summed E-state index contributed by atoms with van der Waals surface area (Å²) in [6.07, 6.45) is 1.75. The standard InChI is InChI=1S/C11H19N3O/c1-5-9(6-2)11(15)12-10-7(3)13-14-8(10)4/h9H,5-6H2,1-4H3,(H,12,15)(H,13,14). The number of aromatic nitrogens is 2. The quantitative estimate of drug-likeness (QED) is 0.800. The summed E-state index contributed by atoms with van der Waals surface area (Å²) in [6.45, 7) is 7.85. The summed E-state index contributed by atoms with van der Waals surface area (Å²) in [7, 11) is 0. The zero-order chi connectivity index (χ0) is 11.4. The Hall–Kier alpha value is -1.32. The third-order valence-corrected chi connectivity index (χ3v) is 2.73. The maximum absolute atomic E-state index is 11.8. The van der Waals surface area contributed by atoms with Gasteiger partial charge >= 0.3 is 0 Å². The van der Waals surface area contributed by atoms with Gasteiger partial charge in [0.25, 0.3) is 0 Å². The van der Waals surface area contributed by atoms with Crippen LogP contribution in [-0.2, 0) is 4.79 Å². The first-order chi connectivity index (χ1) is 7.10. The third-order valence-electron chi connectivity index (χ3n) is 2.73. The molecule has 0 aliphatic heterocycles. The maximum Gasteiger partial charge on any atom is 0.227 e. The van der Waals surface area contributed by atoms with Gasteiger partial charge in [0.05, 0.1) is 17.1 Å². The number of aromatic amines is 1. The number of nitrogens with one attached hydrogen (secondary N) is 2. The molecule has 0 fully saturated rings. The summed E-state index contributed by atoms with van der Waals surface area (Å²) in [5.41, 5.74) is 2.57. The lowest BCUT2D eigenvalue weighted by molar-refractivity contribution is -0.120. The number of carbonyl (C=O) groups excluding carboxylic acids is 1. The second-order valence-electron chi connectivity index (χ2n) is 3.81. The average molecular weight is 209 g/mol. The summed E-state index contributed by atoms with van der Waals surface area (Å²) in [6, 6.07) is 0. The van der Waals surface area contributed by atoms with Gasteiger partial charge in [-0.25, -0.2) is 0 Å². The second kappa shape index (κ2) is 4.96. The lowest BCUT2D eigenvalue weighted by atomic mass is 10.0. The third kappa shape index (κ3) is 2.58. The van der Waals surface area contributed by atoms with Gasteiger partial charge in [-0.1, -0.05) is 13.8 Å². The molecule has 2 N–H and O–H groups in total. The van der Waals surface area contributed by atoms with Gasteiger partial charge < -0.3 is 5.32 Å². The molecule has 0 bridgehead atoms. The van der Waals surface area contributed by atoms with Gasteiger partial charge in [-0.15, -0.1) is 0 Å². The van der Waals surface area contributed by atoms with E-state index in [1.807, 2.05) is 27.7 Å². The van der Waals surface area contributed by atoms with Crippen LogP contribution in [0.4, 0.5) is 5.69 Å². The molecule has 0 aliphatic rings. The topological polar surface area (TPSA) is 57.8 Å². The zero-order valence-corrected chi connectivity index (χ0v) is 9.85. The highest BCUT2D eigenvalue weighted by Crippen LogP contribution is 2.18. The zero-order valence-electron chi connectivity index (χ0n) is 9.85. The first-order valence-corrected chi connectivity index (χ1v) is 5.42. The van der Waals surface area contributed by atoms with E-state index >= 15 is 0 Å². The SMILES string of the molecule is CCC(CC)C(=O)Nc1c(C)n[nH]c1C. The predicted molar refractivity (Wildman–Crippen MR) is 60.8 cm³/mol. The van der Waals surface area contributed by atoms with E-state index in [1.54, 1.807) is 0 Å². The van der Waals surface area contributed by atoms with Gasteiger partial charge in [0.1, 0.15) is 0 Å². The molecule has 0 saturated heterocycles. The Morgan fingerprint density at radius 1 is 1.40 bits per heavy atom. The Kier molecular flexibility index (Phi) is 3.88. The average Bonchev–Trinajstić information content (AvgIpc) is 2.51. The van der Waals surface area contributed by atoms with E-state index in [4.69, 9.17) is 0 Å². The van der Waals surface area contributed by atoms with Crippen LogP contribution in [0.1, 0.15) is 38.1 Å². The van der Waals surface area contributed by atoms with Crippen LogP contribution >= 0.6 is 0 Å². The van der Waals surface area contributed by atoms with Crippen molar-refractivity contribution >= 4 is 11.6 Å².